The molecule has 0 aliphatic carbocycles. The second kappa shape index (κ2) is 12.9. The van der Waals surface area contributed by atoms with Crippen LogP contribution >= 0.6 is 11.6 Å². The van der Waals surface area contributed by atoms with Gasteiger partial charge >= 0.3 is 0 Å². The Morgan fingerprint density at radius 1 is 0.971 bits per heavy atom. The number of amides is 2. The molecule has 0 fully saturated rings. The van der Waals surface area contributed by atoms with Crippen LogP contribution in [0, 0.1) is 5.92 Å². The Labute approximate surface area is 207 Å². The number of rotatable bonds is 12. The van der Waals surface area contributed by atoms with E-state index >= 15 is 0 Å². The van der Waals surface area contributed by atoms with Gasteiger partial charge in [0.15, 0.2) is 0 Å². The Morgan fingerprint density at radius 3 is 2.12 bits per heavy atom. The van der Waals surface area contributed by atoms with E-state index in [1.165, 1.54) is 12.1 Å². The van der Waals surface area contributed by atoms with Crippen molar-refractivity contribution < 1.29 is 18.0 Å². The van der Waals surface area contributed by atoms with E-state index in [0.717, 1.165) is 11.1 Å². The number of benzene rings is 2. The Hall–Kier alpha value is -2.42. The predicted octanol–water partition coefficient (Wildman–Crippen LogP) is 3.76. The molecule has 186 valence electrons. The summed E-state index contributed by atoms with van der Waals surface area (Å²) >= 11 is 5.98. The first kappa shape index (κ1) is 27.8. The third-order valence-corrected chi connectivity index (χ3v) is 7.13. The third-order valence-electron chi connectivity index (χ3n) is 5.31. The normalized spacial score (nSPS) is 12.4. The van der Waals surface area contributed by atoms with E-state index in [1.807, 2.05) is 26.0 Å². The van der Waals surface area contributed by atoms with Gasteiger partial charge in [0.1, 0.15) is 6.04 Å². The average Bonchev–Trinajstić information content (AvgIpc) is 2.80. The van der Waals surface area contributed by atoms with Crippen LogP contribution in [-0.4, -0.2) is 44.3 Å². The first-order chi connectivity index (χ1) is 16.0. The van der Waals surface area contributed by atoms with E-state index in [0.29, 0.717) is 30.5 Å². The zero-order valence-corrected chi connectivity index (χ0v) is 21.7. The zero-order chi connectivity index (χ0) is 25.3. The minimum absolute atomic E-state index is 0.161. The highest BCUT2D eigenvalue weighted by molar-refractivity contribution is 7.89. The van der Waals surface area contributed by atoms with Crippen molar-refractivity contribution in [3.05, 3.63) is 64.7 Å². The quantitative estimate of drug-likeness (QED) is 0.457. The smallest absolute Gasteiger partial charge is 0.242 e. The summed E-state index contributed by atoms with van der Waals surface area (Å²) in [6.07, 6.45) is 0.618. The molecule has 9 heteroatoms. The van der Waals surface area contributed by atoms with Gasteiger partial charge in [-0.15, -0.1) is 0 Å². The molecular weight excluding hydrogens is 474 g/mol. The molecule has 0 radical (unpaired) electrons. The van der Waals surface area contributed by atoms with Crippen LogP contribution in [0.4, 0.5) is 0 Å². The molecular formula is C25H34ClN3O4S. The molecule has 0 heterocycles. The Bertz CT molecular complexity index is 1050. The predicted molar refractivity (Wildman–Crippen MR) is 135 cm³/mol. The highest BCUT2D eigenvalue weighted by atomic mass is 35.5. The molecule has 0 unspecified atom stereocenters. The van der Waals surface area contributed by atoms with Gasteiger partial charge in [-0.3, -0.25) is 9.59 Å². The number of carbonyl (C=O) groups excluding carboxylic acids is 2. The number of nitrogens with zero attached hydrogens (tertiary/aromatic N) is 1. The van der Waals surface area contributed by atoms with Crippen molar-refractivity contribution in [1.29, 1.82) is 0 Å². The summed E-state index contributed by atoms with van der Waals surface area (Å²) in [7, 11) is -3.52. The van der Waals surface area contributed by atoms with Gasteiger partial charge in [-0.05, 0) is 54.7 Å². The molecule has 2 rings (SSSR count). The maximum Gasteiger partial charge on any atom is 0.242 e. The molecule has 2 aromatic rings. The van der Waals surface area contributed by atoms with E-state index in [2.05, 4.69) is 10.0 Å². The van der Waals surface area contributed by atoms with E-state index in [4.69, 9.17) is 11.6 Å². The summed E-state index contributed by atoms with van der Waals surface area (Å²) in [6.45, 7) is 8.60. The average molecular weight is 508 g/mol. The summed E-state index contributed by atoms with van der Waals surface area (Å²) in [5.41, 5.74) is 1.71. The van der Waals surface area contributed by atoms with Crippen LogP contribution in [0.5, 0.6) is 0 Å². The lowest BCUT2D eigenvalue weighted by Gasteiger charge is -2.29. The van der Waals surface area contributed by atoms with Crippen LogP contribution in [0.25, 0.3) is 0 Å². The number of halogens is 1. The Morgan fingerprint density at radius 2 is 1.56 bits per heavy atom. The van der Waals surface area contributed by atoms with Gasteiger partial charge in [-0.25, -0.2) is 13.1 Å². The number of nitrogens with one attached hydrogen (secondary N) is 2. The van der Waals surface area contributed by atoms with Crippen LogP contribution in [-0.2, 0) is 32.6 Å². The Kier molecular flexibility index (Phi) is 10.5. The third kappa shape index (κ3) is 8.42. The van der Waals surface area contributed by atoms with Crippen molar-refractivity contribution in [1.82, 2.24) is 14.9 Å². The summed E-state index contributed by atoms with van der Waals surface area (Å²) in [6, 6.07) is 13.0. The number of sulfonamides is 1. The second-order valence-corrected chi connectivity index (χ2v) is 10.8. The molecule has 0 saturated carbocycles. The van der Waals surface area contributed by atoms with Crippen molar-refractivity contribution in [2.75, 3.05) is 13.1 Å². The molecule has 0 aromatic heterocycles. The van der Waals surface area contributed by atoms with Crippen molar-refractivity contribution in [3.63, 3.8) is 0 Å². The highest BCUT2D eigenvalue weighted by Gasteiger charge is 2.26. The molecule has 0 spiro atoms. The summed E-state index contributed by atoms with van der Waals surface area (Å²) in [4.78, 5) is 27.7. The molecule has 0 aliphatic heterocycles. The number of carbonyl (C=O) groups is 2. The highest BCUT2D eigenvalue weighted by Crippen LogP contribution is 2.17. The minimum Gasteiger partial charge on any atom is -0.354 e. The van der Waals surface area contributed by atoms with Crippen LogP contribution < -0.4 is 10.0 Å². The largest absolute Gasteiger partial charge is 0.354 e. The van der Waals surface area contributed by atoms with Gasteiger partial charge in [0, 0.05) is 31.1 Å². The fraction of sp³-hybridized carbons (Fsp3) is 0.440. The lowest BCUT2D eigenvalue weighted by molar-refractivity contribution is -0.140. The lowest BCUT2D eigenvalue weighted by atomic mass is 10.1. The SMILES string of the molecule is CCNS(=O)(=O)c1ccc(CCC(=O)N(Cc2ccc(Cl)cc2)[C@@H](C)C(=O)NCC(C)C)cc1. The summed E-state index contributed by atoms with van der Waals surface area (Å²) in [5, 5.41) is 3.50. The summed E-state index contributed by atoms with van der Waals surface area (Å²) < 4.78 is 26.7. The first-order valence-electron chi connectivity index (χ1n) is 11.4. The number of aryl methyl sites for hydroxylation is 1. The van der Waals surface area contributed by atoms with Crippen LogP contribution in [0.3, 0.4) is 0 Å². The second-order valence-electron chi connectivity index (χ2n) is 8.61. The number of hydrogen-bond acceptors (Lipinski definition) is 4. The van der Waals surface area contributed by atoms with Crippen molar-refractivity contribution >= 4 is 33.4 Å². The van der Waals surface area contributed by atoms with Gasteiger partial charge in [0.25, 0.3) is 0 Å². The topological polar surface area (TPSA) is 95.6 Å². The molecule has 34 heavy (non-hydrogen) atoms. The molecule has 0 bridgehead atoms. The molecule has 1 atom stereocenters. The maximum atomic E-state index is 13.2. The molecule has 7 nitrogen and oxygen atoms in total. The molecule has 0 saturated heterocycles. The van der Waals surface area contributed by atoms with E-state index in [1.54, 1.807) is 43.0 Å². The van der Waals surface area contributed by atoms with E-state index in [9.17, 15) is 18.0 Å². The van der Waals surface area contributed by atoms with Crippen molar-refractivity contribution in [2.45, 2.75) is 58.0 Å². The van der Waals surface area contributed by atoms with Crippen LogP contribution in [0.2, 0.25) is 5.02 Å². The van der Waals surface area contributed by atoms with Gasteiger partial charge in [-0.1, -0.05) is 56.6 Å². The van der Waals surface area contributed by atoms with Gasteiger partial charge < -0.3 is 10.2 Å². The molecule has 2 N–H and O–H groups in total. The fourth-order valence-corrected chi connectivity index (χ4v) is 4.49. The van der Waals surface area contributed by atoms with Crippen LogP contribution in [0.1, 0.15) is 45.2 Å². The van der Waals surface area contributed by atoms with E-state index < -0.39 is 16.1 Å². The lowest BCUT2D eigenvalue weighted by Crippen LogP contribution is -2.48. The van der Waals surface area contributed by atoms with Gasteiger partial charge in [0.2, 0.25) is 21.8 Å². The van der Waals surface area contributed by atoms with Crippen molar-refractivity contribution in [2.24, 2.45) is 5.92 Å². The number of hydrogen-bond donors (Lipinski definition) is 2. The standard InChI is InChI=1S/C25H34ClN3O4S/c1-5-28-34(32,33)23-13-8-20(9-14-23)10-15-24(30)29(17-21-6-11-22(26)12-7-21)19(4)25(31)27-16-18(2)3/h6-9,11-14,18-19,28H,5,10,15-17H2,1-4H3,(H,27,31)/t19-/m0/s1. The minimum atomic E-state index is -3.52. The first-order valence-corrected chi connectivity index (χ1v) is 13.3. The monoisotopic (exact) mass is 507 g/mol. The zero-order valence-electron chi connectivity index (χ0n) is 20.2. The van der Waals surface area contributed by atoms with Gasteiger partial charge in [-0.2, -0.15) is 0 Å². The van der Waals surface area contributed by atoms with Crippen LogP contribution in [0.15, 0.2) is 53.4 Å². The maximum absolute atomic E-state index is 13.2. The molecule has 2 amide bonds. The van der Waals surface area contributed by atoms with Gasteiger partial charge in [0.05, 0.1) is 4.90 Å². The van der Waals surface area contributed by atoms with Crippen molar-refractivity contribution in [3.8, 4) is 0 Å². The molecule has 0 aliphatic rings. The summed E-state index contributed by atoms with van der Waals surface area (Å²) in [5.74, 6) is -0.0589. The fourth-order valence-electron chi connectivity index (χ4n) is 3.33. The Balaban J connectivity index is 2.12. The van der Waals surface area contributed by atoms with E-state index in [-0.39, 0.29) is 29.7 Å². The molecule has 2 aromatic carbocycles.